The van der Waals surface area contributed by atoms with Crippen molar-refractivity contribution in [1.29, 1.82) is 0 Å². The lowest BCUT2D eigenvalue weighted by Crippen LogP contribution is -2.44. The molecule has 0 atom stereocenters. The van der Waals surface area contributed by atoms with Crippen LogP contribution in [0.1, 0.15) is 81.5 Å². The first kappa shape index (κ1) is 34.4. The molecule has 6 nitrogen and oxygen atoms in total. The molecule has 2 aliphatic carbocycles. The normalized spacial score (nSPS) is 18.9. The van der Waals surface area contributed by atoms with Gasteiger partial charge < -0.3 is 15.0 Å². The van der Waals surface area contributed by atoms with E-state index in [4.69, 9.17) is 4.74 Å². The Labute approximate surface area is 300 Å². The Balaban J connectivity index is 1.49. The number of nitrogens with zero attached hydrogens (tertiary/aromatic N) is 1. The molecule has 0 saturated heterocycles. The van der Waals surface area contributed by atoms with E-state index in [1.165, 1.54) is 0 Å². The Bertz CT molecular complexity index is 1840. The van der Waals surface area contributed by atoms with Crippen molar-refractivity contribution in [2.24, 2.45) is 10.8 Å². The minimum Gasteiger partial charge on any atom is -0.482 e. The molecule has 3 aliphatic rings. The number of hydrogen-bond acceptors (Lipinski definition) is 5. The third kappa shape index (κ3) is 6.97. The van der Waals surface area contributed by atoms with E-state index in [1.807, 2.05) is 62.4 Å². The van der Waals surface area contributed by atoms with Crippen LogP contribution in [-0.4, -0.2) is 29.0 Å². The van der Waals surface area contributed by atoms with Gasteiger partial charge in [-0.25, -0.2) is 0 Å². The zero-order chi connectivity index (χ0) is 34.5. The zero-order valence-corrected chi connectivity index (χ0v) is 31.6. The van der Waals surface area contributed by atoms with Crippen LogP contribution in [0.15, 0.2) is 92.1 Å². The largest absolute Gasteiger partial charge is 0.482 e. The van der Waals surface area contributed by atoms with Crippen molar-refractivity contribution in [3.8, 4) is 5.75 Å². The number of ketones is 2. The van der Waals surface area contributed by atoms with E-state index < -0.39 is 5.92 Å². The number of allylic oxidation sites excluding steroid dienone is 4. The Morgan fingerprint density at radius 2 is 1.46 bits per heavy atom. The van der Waals surface area contributed by atoms with Crippen molar-refractivity contribution >= 4 is 55.0 Å². The smallest absolute Gasteiger partial charge is 0.262 e. The molecule has 0 radical (unpaired) electrons. The second kappa shape index (κ2) is 13.1. The molecule has 8 heteroatoms. The van der Waals surface area contributed by atoms with Gasteiger partial charge in [-0.15, -0.1) is 0 Å². The third-order valence-corrected chi connectivity index (χ3v) is 10.6. The lowest BCUT2D eigenvalue weighted by Gasteiger charge is -2.49. The predicted octanol–water partition coefficient (Wildman–Crippen LogP) is 9.73. The van der Waals surface area contributed by atoms with Crippen molar-refractivity contribution in [3.05, 3.63) is 114 Å². The van der Waals surface area contributed by atoms with Crippen LogP contribution < -0.4 is 10.1 Å². The first-order valence-electron chi connectivity index (χ1n) is 16.5. The van der Waals surface area contributed by atoms with Gasteiger partial charge in [-0.05, 0) is 88.3 Å². The molecule has 1 aliphatic heterocycles. The highest BCUT2D eigenvalue weighted by atomic mass is 79.9. The first-order valence-corrected chi connectivity index (χ1v) is 18.0. The summed E-state index contributed by atoms with van der Waals surface area (Å²) >= 11 is 7.38. The average molecular weight is 775 g/mol. The summed E-state index contributed by atoms with van der Waals surface area (Å²) in [6.45, 7) is 12.8. The molecule has 250 valence electrons. The summed E-state index contributed by atoms with van der Waals surface area (Å²) in [4.78, 5) is 44.3. The molecule has 1 heterocycles. The highest BCUT2D eigenvalue weighted by Gasteiger charge is 2.49. The number of aryl methyl sites for hydroxylation is 2. The van der Waals surface area contributed by atoms with Crippen molar-refractivity contribution in [2.45, 2.75) is 79.7 Å². The van der Waals surface area contributed by atoms with Crippen LogP contribution in [0.4, 0.5) is 5.69 Å². The van der Waals surface area contributed by atoms with E-state index in [9.17, 15) is 14.4 Å². The van der Waals surface area contributed by atoms with E-state index in [0.717, 1.165) is 38.2 Å². The minimum atomic E-state index is -0.625. The fourth-order valence-corrected chi connectivity index (χ4v) is 8.83. The molecule has 0 spiro atoms. The molecule has 0 saturated carbocycles. The van der Waals surface area contributed by atoms with Gasteiger partial charge in [-0.2, -0.15) is 0 Å². The van der Waals surface area contributed by atoms with E-state index in [0.29, 0.717) is 59.2 Å². The quantitative estimate of drug-likeness (QED) is 0.259. The molecule has 0 unspecified atom stereocenters. The Hall–Kier alpha value is -3.49. The molecular weight excluding hydrogens is 732 g/mol. The number of benzene rings is 3. The molecule has 3 aromatic carbocycles. The average Bonchev–Trinajstić information content (AvgIpc) is 2.98. The van der Waals surface area contributed by atoms with Crippen LogP contribution in [0.3, 0.4) is 0 Å². The number of carbonyl (C=O) groups excluding carboxylic acids is 3. The number of halogens is 2. The number of amides is 1. The Morgan fingerprint density at radius 1 is 0.854 bits per heavy atom. The summed E-state index contributed by atoms with van der Waals surface area (Å²) in [5.74, 6) is -0.385. The van der Waals surface area contributed by atoms with Crippen LogP contribution >= 0.6 is 31.9 Å². The number of carbonyl (C=O) groups is 3. The number of anilines is 1. The zero-order valence-electron chi connectivity index (χ0n) is 28.4. The number of hydrogen-bond donors (Lipinski definition) is 1. The van der Waals surface area contributed by atoms with Gasteiger partial charge in [-0.1, -0.05) is 86.1 Å². The minimum absolute atomic E-state index is 0.0446. The topological polar surface area (TPSA) is 75.7 Å². The first-order chi connectivity index (χ1) is 22.6. The number of nitrogens with one attached hydrogen (secondary N) is 1. The van der Waals surface area contributed by atoms with Crippen LogP contribution in [-0.2, 0) is 20.9 Å². The number of Topliss-reactive ketones (excluding diaryl/α,β-unsaturated/α-hetero) is 2. The van der Waals surface area contributed by atoms with Gasteiger partial charge in [0.25, 0.3) is 5.91 Å². The molecule has 6 rings (SSSR count). The van der Waals surface area contributed by atoms with Crippen LogP contribution in [0, 0.1) is 24.7 Å². The lowest BCUT2D eigenvalue weighted by atomic mass is 9.63. The molecule has 48 heavy (non-hydrogen) atoms. The highest BCUT2D eigenvalue weighted by Crippen LogP contribution is 2.56. The summed E-state index contributed by atoms with van der Waals surface area (Å²) in [7, 11) is 0. The van der Waals surface area contributed by atoms with Gasteiger partial charge >= 0.3 is 0 Å². The van der Waals surface area contributed by atoms with E-state index in [-0.39, 0.29) is 34.9 Å². The van der Waals surface area contributed by atoms with Gasteiger partial charge in [0.15, 0.2) is 18.2 Å². The van der Waals surface area contributed by atoms with E-state index in [2.05, 4.69) is 81.9 Å². The second-order valence-electron chi connectivity index (χ2n) is 15.1. The van der Waals surface area contributed by atoms with Gasteiger partial charge in [-0.3, -0.25) is 14.4 Å². The fraction of sp³-hybridized carbons (Fsp3) is 0.375. The predicted molar refractivity (Wildman–Crippen MR) is 197 cm³/mol. The molecule has 1 N–H and O–H groups in total. The van der Waals surface area contributed by atoms with Crippen molar-refractivity contribution in [2.75, 3.05) is 11.9 Å². The lowest BCUT2D eigenvalue weighted by molar-refractivity contribution is -0.120. The van der Waals surface area contributed by atoms with Crippen LogP contribution in [0.5, 0.6) is 5.75 Å². The fourth-order valence-electron chi connectivity index (χ4n) is 7.46. The van der Waals surface area contributed by atoms with E-state index >= 15 is 0 Å². The molecule has 3 aromatic rings. The molecule has 1 amide bonds. The van der Waals surface area contributed by atoms with Gasteiger partial charge in [0.05, 0.1) is 4.47 Å². The maximum Gasteiger partial charge on any atom is 0.262 e. The van der Waals surface area contributed by atoms with Gasteiger partial charge in [0.1, 0.15) is 5.75 Å². The summed E-state index contributed by atoms with van der Waals surface area (Å²) in [6, 6.07) is 20.0. The maximum atomic E-state index is 14.4. The van der Waals surface area contributed by atoms with Crippen LogP contribution in [0.2, 0.25) is 0 Å². The molecule has 0 bridgehead atoms. The summed E-state index contributed by atoms with van der Waals surface area (Å²) in [5, 5.41) is 2.98. The SMILES string of the molecule is Cc1ccc(C)c(NC(=O)COc2c(Br)cc(Br)cc2C2C3=C(CC(C)(C)CC3=O)N(Cc3ccccc3)C3=C2C(=O)CC(C)(C)C3)c1. The standard InChI is InChI=1S/C40H42Br2N2O4/c1-23-12-13-24(2)29(14-23)43-34(47)22-48-38-27(15-26(41)16-28(38)42)35-36-30(17-39(3,4)19-32(36)45)44(21-25-10-8-7-9-11-25)31-18-40(5,6)20-33(46)37(31)35/h7-16,35H,17-22H2,1-6H3,(H,43,47). The summed E-state index contributed by atoms with van der Waals surface area (Å²) in [6.07, 6.45) is 2.17. The molecule has 0 aromatic heterocycles. The molecule has 0 fully saturated rings. The van der Waals surface area contributed by atoms with Crippen molar-refractivity contribution in [1.82, 2.24) is 4.90 Å². The Kier molecular flexibility index (Phi) is 9.37. The van der Waals surface area contributed by atoms with Gasteiger partial charge in [0.2, 0.25) is 0 Å². The molecular formula is C40H42Br2N2O4. The van der Waals surface area contributed by atoms with E-state index in [1.54, 1.807) is 0 Å². The third-order valence-electron chi connectivity index (χ3n) is 9.57. The second-order valence-corrected chi connectivity index (χ2v) is 16.8. The van der Waals surface area contributed by atoms with Crippen molar-refractivity contribution < 1.29 is 19.1 Å². The number of rotatable bonds is 7. The van der Waals surface area contributed by atoms with Gasteiger partial charge in [0, 0.05) is 63.6 Å². The van der Waals surface area contributed by atoms with Crippen molar-refractivity contribution in [3.63, 3.8) is 0 Å². The number of ether oxygens (including phenoxy) is 1. The highest BCUT2D eigenvalue weighted by molar-refractivity contribution is 9.11. The maximum absolute atomic E-state index is 14.4. The van der Waals surface area contributed by atoms with Crippen LogP contribution in [0.25, 0.3) is 0 Å². The summed E-state index contributed by atoms with van der Waals surface area (Å²) < 4.78 is 7.76. The monoisotopic (exact) mass is 772 g/mol. The Morgan fingerprint density at radius 3 is 2.06 bits per heavy atom. The summed E-state index contributed by atoms with van der Waals surface area (Å²) in [5.41, 5.74) is 7.32.